The highest BCUT2D eigenvalue weighted by Crippen LogP contribution is 2.23. The van der Waals surface area contributed by atoms with Gasteiger partial charge in [0.15, 0.2) is 0 Å². The highest BCUT2D eigenvalue weighted by Gasteiger charge is 2.31. The summed E-state index contributed by atoms with van der Waals surface area (Å²) in [5, 5.41) is 0. The molecule has 0 aromatic heterocycles. The van der Waals surface area contributed by atoms with Gasteiger partial charge < -0.3 is 0 Å². The first-order chi connectivity index (χ1) is 8.83. The van der Waals surface area contributed by atoms with Crippen LogP contribution in [0.3, 0.4) is 0 Å². The predicted octanol–water partition coefficient (Wildman–Crippen LogP) is 2.40. The molecule has 0 aliphatic carbocycles. The van der Waals surface area contributed by atoms with Crippen LogP contribution in [-0.2, 0) is 6.42 Å². The van der Waals surface area contributed by atoms with Gasteiger partial charge in [-0.1, -0.05) is 30.3 Å². The van der Waals surface area contributed by atoms with E-state index >= 15 is 0 Å². The fourth-order valence-corrected chi connectivity index (χ4v) is 3.50. The van der Waals surface area contributed by atoms with Crippen LogP contribution < -0.4 is 0 Å². The van der Waals surface area contributed by atoms with Crippen molar-refractivity contribution in [2.24, 2.45) is 0 Å². The van der Waals surface area contributed by atoms with E-state index in [0.717, 1.165) is 6.04 Å². The topological polar surface area (TPSA) is 6.48 Å². The van der Waals surface area contributed by atoms with Gasteiger partial charge in [0, 0.05) is 31.7 Å². The van der Waals surface area contributed by atoms with Crippen molar-refractivity contribution in [1.29, 1.82) is 0 Å². The monoisotopic (exact) mass is 244 g/mol. The zero-order chi connectivity index (χ0) is 12.4. The van der Waals surface area contributed by atoms with Crippen LogP contribution >= 0.6 is 0 Å². The SMILES string of the molecule is CC(Cc1ccccc1)N1CCN2CCCC2C1. The van der Waals surface area contributed by atoms with Gasteiger partial charge in [0.2, 0.25) is 0 Å². The van der Waals surface area contributed by atoms with Crippen molar-refractivity contribution in [3.63, 3.8) is 0 Å². The molecule has 0 saturated carbocycles. The molecule has 2 heterocycles. The largest absolute Gasteiger partial charge is 0.298 e. The van der Waals surface area contributed by atoms with Crippen molar-refractivity contribution in [2.45, 2.75) is 38.3 Å². The first kappa shape index (κ1) is 12.2. The summed E-state index contributed by atoms with van der Waals surface area (Å²) in [7, 11) is 0. The molecule has 2 saturated heterocycles. The van der Waals surface area contributed by atoms with E-state index in [4.69, 9.17) is 0 Å². The molecule has 2 aliphatic rings. The molecule has 2 atom stereocenters. The van der Waals surface area contributed by atoms with Crippen LogP contribution in [0, 0.1) is 0 Å². The van der Waals surface area contributed by atoms with Crippen LogP contribution in [0.15, 0.2) is 30.3 Å². The Morgan fingerprint density at radius 1 is 1.17 bits per heavy atom. The quantitative estimate of drug-likeness (QED) is 0.805. The van der Waals surface area contributed by atoms with Crippen molar-refractivity contribution < 1.29 is 0 Å². The molecule has 1 aromatic rings. The lowest BCUT2D eigenvalue weighted by molar-refractivity contribution is 0.0772. The molecule has 2 nitrogen and oxygen atoms in total. The first-order valence-electron chi connectivity index (χ1n) is 7.35. The molecule has 2 unspecified atom stereocenters. The number of fused-ring (bicyclic) bond motifs is 1. The van der Waals surface area contributed by atoms with Crippen LogP contribution in [-0.4, -0.2) is 48.1 Å². The first-order valence-corrected chi connectivity index (χ1v) is 7.35. The van der Waals surface area contributed by atoms with Gasteiger partial charge in [-0.25, -0.2) is 0 Å². The average molecular weight is 244 g/mol. The maximum absolute atomic E-state index is 2.69. The molecule has 0 spiro atoms. The lowest BCUT2D eigenvalue weighted by atomic mass is 10.0. The molecule has 98 valence electrons. The zero-order valence-corrected chi connectivity index (χ0v) is 11.4. The van der Waals surface area contributed by atoms with E-state index in [0.29, 0.717) is 6.04 Å². The van der Waals surface area contributed by atoms with E-state index in [1.54, 1.807) is 0 Å². The standard InChI is InChI=1S/C16H24N2/c1-14(12-15-6-3-2-4-7-15)18-11-10-17-9-5-8-16(17)13-18/h2-4,6-7,14,16H,5,8-13H2,1H3. The van der Waals surface area contributed by atoms with E-state index in [9.17, 15) is 0 Å². The summed E-state index contributed by atoms with van der Waals surface area (Å²) in [5.74, 6) is 0. The van der Waals surface area contributed by atoms with Gasteiger partial charge >= 0.3 is 0 Å². The maximum atomic E-state index is 2.69. The maximum Gasteiger partial charge on any atom is 0.0224 e. The Morgan fingerprint density at radius 2 is 2.00 bits per heavy atom. The number of benzene rings is 1. The van der Waals surface area contributed by atoms with Crippen LogP contribution in [0.1, 0.15) is 25.3 Å². The summed E-state index contributed by atoms with van der Waals surface area (Å²) >= 11 is 0. The van der Waals surface area contributed by atoms with Gasteiger partial charge in [-0.3, -0.25) is 9.80 Å². The third-order valence-corrected chi connectivity index (χ3v) is 4.62. The van der Waals surface area contributed by atoms with E-state index in [1.807, 2.05) is 0 Å². The molecule has 0 amide bonds. The number of piperazine rings is 1. The fraction of sp³-hybridized carbons (Fsp3) is 0.625. The van der Waals surface area contributed by atoms with E-state index in [-0.39, 0.29) is 0 Å². The summed E-state index contributed by atoms with van der Waals surface area (Å²) in [6, 6.07) is 12.4. The molecular formula is C16H24N2. The van der Waals surface area contributed by atoms with Crippen molar-refractivity contribution in [2.75, 3.05) is 26.2 Å². The highest BCUT2D eigenvalue weighted by atomic mass is 15.3. The van der Waals surface area contributed by atoms with Crippen LogP contribution in [0.5, 0.6) is 0 Å². The molecule has 0 N–H and O–H groups in total. The molecule has 18 heavy (non-hydrogen) atoms. The lowest BCUT2D eigenvalue weighted by Gasteiger charge is -2.40. The van der Waals surface area contributed by atoms with E-state index in [2.05, 4.69) is 47.1 Å². The molecule has 2 fully saturated rings. The van der Waals surface area contributed by atoms with Gasteiger partial charge in [0.1, 0.15) is 0 Å². The normalized spacial score (nSPS) is 27.1. The second-order valence-corrected chi connectivity index (χ2v) is 5.87. The Morgan fingerprint density at radius 3 is 2.83 bits per heavy atom. The number of hydrogen-bond acceptors (Lipinski definition) is 2. The summed E-state index contributed by atoms with van der Waals surface area (Å²) in [6.45, 7) is 7.55. The number of hydrogen-bond donors (Lipinski definition) is 0. The van der Waals surface area contributed by atoms with Crippen LogP contribution in [0.4, 0.5) is 0 Å². The third-order valence-electron chi connectivity index (χ3n) is 4.62. The van der Waals surface area contributed by atoms with Crippen molar-refractivity contribution in [3.8, 4) is 0 Å². The summed E-state index contributed by atoms with van der Waals surface area (Å²) in [5.41, 5.74) is 1.47. The van der Waals surface area contributed by atoms with E-state index < -0.39 is 0 Å². The Kier molecular flexibility index (Phi) is 3.67. The van der Waals surface area contributed by atoms with Gasteiger partial charge in [-0.2, -0.15) is 0 Å². The Bertz CT molecular complexity index is 376. The highest BCUT2D eigenvalue weighted by molar-refractivity contribution is 5.15. The smallest absolute Gasteiger partial charge is 0.0224 e. The van der Waals surface area contributed by atoms with Crippen molar-refractivity contribution in [1.82, 2.24) is 9.80 Å². The molecule has 1 aromatic carbocycles. The Hall–Kier alpha value is -0.860. The van der Waals surface area contributed by atoms with Gasteiger partial charge in [0.05, 0.1) is 0 Å². The fourth-order valence-electron chi connectivity index (χ4n) is 3.50. The molecule has 2 aliphatic heterocycles. The number of nitrogens with zero attached hydrogens (tertiary/aromatic N) is 2. The Labute approximate surface area is 111 Å². The molecule has 0 bridgehead atoms. The minimum Gasteiger partial charge on any atom is -0.298 e. The molecular weight excluding hydrogens is 220 g/mol. The lowest BCUT2D eigenvalue weighted by Crippen LogP contribution is -2.53. The zero-order valence-electron chi connectivity index (χ0n) is 11.4. The number of rotatable bonds is 3. The van der Waals surface area contributed by atoms with E-state index in [1.165, 1.54) is 51.0 Å². The second-order valence-electron chi connectivity index (χ2n) is 5.87. The van der Waals surface area contributed by atoms with Crippen molar-refractivity contribution >= 4 is 0 Å². The second kappa shape index (κ2) is 5.41. The third kappa shape index (κ3) is 2.60. The Balaban J connectivity index is 1.58. The summed E-state index contributed by atoms with van der Waals surface area (Å²) < 4.78 is 0. The molecule has 0 radical (unpaired) electrons. The van der Waals surface area contributed by atoms with Crippen molar-refractivity contribution in [3.05, 3.63) is 35.9 Å². The molecule has 2 heteroatoms. The minimum absolute atomic E-state index is 0.676. The van der Waals surface area contributed by atoms with Crippen LogP contribution in [0.25, 0.3) is 0 Å². The predicted molar refractivity (Wildman–Crippen MR) is 75.8 cm³/mol. The average Bonchev–Trinajstić information content (AvgIpc) is 2.87. The van der Waals surface area contributed by atoms with Gasteiger partial charge in [-0.05, 0) is 38.3 Å². The summed E-state index contributed by atoms with van der Waals surface area (Å²) in [4.78, 5) is 5.38. The van der Waals surface area contributed by atoms with Crippen LogP contribution in [0.2, 0.25) is 0 Å². The summed E-state index contributed by atoms with van der Waals surface area (Å²) in [6.07, 6.45) is 4.01. The van der Waals surface area contributed by atoms with Gasteiger partial charge in [-0.15, -0.1) is 0 Å². The molecule has 3 rings (SSSR count). The van der Waals surface area contributed by atoms with Gasteiger partial charge in [0.25, 0.3) is 0 Å². The minimum atomic E-state index is 0.676.